The third kappa shape index (κ3) is 7.05. The first-order chi connectivity index (χ1) is 19.0. The molecule has 3 amide bonds. The maximum Gasteiger partial charge on any atom is 0.408 e. The molecular weight excluding hydrogens is 502 g/mol. The van der Waals surface area contributed by atoms with Gasteiger partial charge in [-0.25, -0.2) is 4.79 Å². The van der Waals surface area contributed by atoms with Gasteiger partial charge in [-0.05, 0) is 74.2 Å². The van der Waals surface area contributed by atoms with Crippen molar-refractivity contribution in [3.63, 3.8) is 0 Å². The minimum Gasteiger partial charge on any atom is -0.444 e. The van der Waals surface area contributed by atoms with Crippen LogP contribution in [0.4, 0.5) is 10.5 Å². The monoisotopic (exact) mass is 537 g/mol. The van der Waals surface area contributed by atoms with Gasteiger partial charge >= 0.3 is 6.09 Å². The van der Waals surface area contributed by atoms with Crippen LogP contribution in [0, 0.1) is 6.92 Å². The lowest BCUT2D eigenvalue weighted by Gasteiger charge is -2.23. The number of carbonyl (C=O) groups excluding carboxylic acids is 3. The first kappa shape index (κ1) is 28.4. The molecule has 0 unspecified atom stereocenters. The minimum absolute atomic E-state index is 0.239. The van der Waals surface area contributed by atoms with Gasteiger partial charge in [0.05, 0.1) is 6.04 Å². The van der Waals surface area contributed by atoms with Crippen molar-refractivity contribution < 1.29 is 19.1 Å². The lowest BCUT2D eigenvalue weighted by atomic mass is 9.99. The normalized spacial score (nSPS) is 12.7. The number of amides is 3. The molecule has 0 aliphatic rings. The highest BCUT2D eigenvalue weighted by Gasteiger charge is 2.26. The van der Waals surface area contributed by atoms with Gasteiger partial charge in [0.15, 0.2) is 0 Å². The Labute approximate surface area is 234 Å². The topological polar surface area (TPSA) is 96.5 Å². The summed E-state index contributed by atoms with van der Waals surface area (Å²) < 4.78 is 5.37. The zero-order chi connectivity index (χ0) is 28.9. The Hall–Kier alpha value is -4.65. The number of hydrogen-bond donors (Lipinski definition) is 3. The summed E-state index contributed by atoms with van der Waals surface area (Å²) >= 11 is 0. The number of rotatable bonds is 7. The van der Waals surface area contributed by atoms with E-state index in [1.807, 2.05) is 62.4 Å². The van der Waals surface area contributed by atoms with Gasteiger partial charge in [-0.15, -0.1) is 0 Å². The Morgan fingerprint density at radius 2 is 1.48 bits per heavy atom. The van der Waals surface area contributed by atoms with Crippen molar-refractivity contribution in [2.75, 3.05) is 5.32 Å². The van der Waals surface area contributed by atoms with Crippen LogP contribution in [-0.4, -0.2) is 23.5 Å². The van der Waals surface area contributed by atoms with Gasteiger partial charge in [-0.2, -0.15) is 0 Å². The molecule has 206 valence electrons. The maximum atomic E-state index is 13.4. The number of benzene rings is 4. The van der Waals surface area contributed by atoms with E-state index in [1.54, 1.807) is 63.2 Å². The van der Waals surface area contributed by atoms with Gasteiger partial charge in [0.2, 0.25) is 0 Å². The van der Waals surface area contributed by atoms with Crippen molar-refractivity contribution in [1.82, 2.24) is 10.6 Å². The zero-order valence-electron chi connectivity index (χ0n) is 23.4. The van der Waals surface area contributed by atoms with Crippen molar-refractivity contribution in [2.45, 2.75) is 52.3 Å². The summed E-state index contributed by atoms with van der Waals surface area (Å²) in [5.74, 6) is -0.711. The fourth-order valence-electron chi connectivity index (χ4n) is 4.51. The van der Waals surface area contributed by atoms with E-state index in [9.17, 15) is 14.4 Å². The Morgan fingerprint density at radius 1 is 0.800 bits per heavy atom. The van der Waals surface area contributed by atoms with Gasteiger partial charge in [0.25, 0.3) is 11.8 Å². The van der Waals surface area contributed by atoms with Crippen molar-refractivity contribution in [3.05, 3.63) is 113 Å². The molecule has 7 nitrogen and oxygen atoms in total. The number of fused-ring (bicyclic) bond motifs is 1. The first-order valence-electron chi connectivity index (χ1n) is 13.3. The van der Waals surface area contributed by atoms with Crippen LogP contribution in [0.25, 0.3) is 10.8 Å². The Kier molecular flexibility index (Phi) is 8.53. The highest BCUT2D eigenvalue weighted by atomic mass is 16.6. The predicted molar refractivity (Wildman–Crippen MR) is 158 cm³/mol. The van der Waals surface area contributed by atoms with Gasteiger partial charge in [-0.3, -0.25) is 9.59 Å². The number of anilines is 1. The Morgan fingerprint density at radius 3 is 2.20 bits per heavy atom. The van der Waals surface area contributed by atoms with Crippen molar-refractivity contribution >= 4 is 34.4 Å². The summed E-state index contributed by atoms with van der Waals surface area (Å²) in [6.45, 7) is 9.06. The second-order valence-electron chi connectivity index (χ2n) is 10.8. The molecule has 0 saturated carbocycles. The summed E-state index contributed by atoms with van der Waals surface area (Å²) in [7, 11) is 0. The van der Waals surface area contributed by atoms with Crippen LogP contribution >= 0.6 is 0 Å². The van der Waals surface area contributed by atoms with E-state index in [2.05, 4.69) is 16.0 Å². The van der Waals surface area contributed by atoms with E-state index in [-0.39, 0.29) is 11.9 Å². The molecule has 2 atom stereocenters. The van der Waals surface area contributed by atoms with Crippen LogP contribution in [0.5, 0.6) is 0 Å². The number of hydrogen-bond acceptors (Lipinski definition) is 4. The fourth-order valence-corrected chi connectivity index (χ4v) is 4.51. The molecule has 3 N–H and O–H groups in total. The quantitative estimate of drug-likeness (QED) is 0.240. The summed E-state index contributed by atoms with van der Waals surface area (Å²) in [5, 5.41) is 10.8. The lowest BCUT2D eigenvalue weighted by molar-refractivity contribution is -0.118. The average molecular weight is 538 g/mol. The highest BCUT2D eigenvalue weighted by Crippen LogP contribution is 2.25. The second kappa shape index (κ2) is 12.0. The summed E-state index contributed by atoms with van der Waals surface area (Å²) in [6, 6.07) is 26.9. The van der Waals surface area contributed by atoms with Crippen LogP contribution in [0.2, 0.25) is 0 Å². The van der Waals surface area contributed by atoms with Gasteiger partial charge in [0.1, 0.15) is 11.6 Å². The molecule has 0 aliphatic heterocycles. The summed E-state index contributed by atoms with van der Waals surface area (Å²) in [4.78, 5) is 39.3. The van der Waals surface area contributed by atoms with Gasteiger partial charge in [0, 0.05) is 11.3 Å². The summed E-state index contributed by atoms with van der Waals surface area (Å²) in [5.41, 5.74) is 2.55. The molecule has 4 aromatic carbocycles. The third-order valence-electron chi connectivity index (χ3n) is 6.44. The molecule has 40 heavy (non-hydrogen) atoms. The van der Waals surface area contributed by atoms with Crippen LogP contribution in [-0.2, 0) is 9.53 Å². The molecule has 4 rings (SSSR count). The molecule has 0 aliphatic carbocycles. The van der Waals surface area contributed by atoms with E-state index < -0.39 is 23.6 Å². The molecule has 7 heteroatoms. The summed E-state index contributed by atoms with van der Waals surface area (Å²) in [6.07, 6.45) is -0.706. The Balaban J connectivity index is 1.53. The van der Waals surface area contributed by atoms with E-state index in [0.717, 1.165) is 21.9 Å². The van der Waals surface area contributed by atoms with E-state index in [4.69, 9.17) is 4.74 Å². The molecular formula is C33H35N3O4. The first-order valence-corrected chi connectivity index (χ1v) is 13.3. The maximum absolute atomic E-state index is 13.4. The average Bonchev–Trinajstić information content (AvgIpc) is 2.91. The van der Waals surface area contributed by atoms with Crippen molar-refractivity contribution in [3.8, 4) is 0 Å². The van der Waals surface area contributed by atoms with Crippen LogP contribution in [0.15, 0.2) is 91.0 Å². The van der Waals surface area contributed by atoms with Crippen LogP contribution in [0.3, 0.4) is 0 Å². The molecule has 0 aromatic heterocycles. The standard InChI is InChI=1S/C33H35N3O4/c1-21-18-19-25(35-31(38)29(24-13-7-6-8-14-24)36-32(39)40-33(3,4)5)20-28(21)30(37)34-22(2)26-17-11-15-23-12-9-10-16-27(23)26/h6-20,22,29H,1-5H3,(H,34,37)(H,35,38)(H,36,39)/t22-,29-/m1/s1. The SMILES string of the molecule is Cc1ccc(NC(=O)[C@H](NC(=O)OC(C)(C)C)c2ccccc2)cc1C(=O)N[C@H](C)c1cccc2ccccc12. The van der Waals surface area contributed by atoms with Crippen LogP contribution in [0.1, 0.15) is 66.8 Å². The highest BCUT2D eigenvalue weighted by molar-refractivity contribution is 6.01. The number of nitrogens with one attached hydrogen (secondary N) is 3. The smallest absolute Gasteiger partial charge is 0.408 e. The molecule has 0 bridgehead atoms. The third-order valence-corrected chi connectivity index (χ3v) is 6.44. The van der Waals surface area contributed by atoms with Crippen molar-refractivity contribution in [1.29, 1.82) is 0 Å². The minimum atomic E-state index is -0.999. The number of carbonyl (C=O) groups is 3. The molecule has 0 radical (unpaired) electrons. The molecule has 0 heterocycles. The number of aryl methyl sites for hydroxylation is 1. The van der Waals surface area contributed by atoms with Crippen molar-refractivity contribution in [2.24, 2.45) is 0 Å². The van der Waals surface area contributed by atoms with Gasteiger partial charge in [-0.1, -0.05) is 78.9 Å². The second-order valence-corrected chi connectivity index (χ2v) is 10.8. The molecule has 0 fully saturated rings. The van der Waals surface area contributed by atoms with E-state index in [0.29, 0.717) is 16.8 Å². The zero-order valence-corrected chi connectivity index (χ0v) is 23.4. The fraction of sp³-hybridized carbons (Fsp3) is 0.242. The predicted octanol–water partition coefficient (Wildman–Crippen LogP) is 6.84. The van der Waals surface area contributed by atoms with E-state index >= 15 is 0 Å². The number of alkyl carbamates (subject to hydrolysis) is 1. The lowest BCUT2D eigenvalue weighted by Crippen LogP contribution is -2.40. The molecule has 0 saturated heterocycles. The molecule has 0 spiro atoms. The number of ether oxygens (including phenoxy) is 1. The Bertz CT molecular complexity index is 1520. The molecule has 4 aromatic rings. The van der Waals surface area contributed by atoms with Crippen LogP contribution < -0.4 is 16.0 Å². The largest absolute Gasteiger partial charge is 0.444 e. The van der Waals surface area contributed by atoms with Gasteiger partial charge < -0.3 is 20.7 Å². The van der Waals surface area contributed by atoms with E-state index in [1.165, 1.54) is 0 Å².